The van der Waals surface area contributed by atoms with Crippen LogP contribution < -0.4 is 0 Å². The van der Waals surface area contributed by atoms with Crippen molar-refractivity contribution in [2.45, 2.75) is 5.25 Å². The topological polar surface area (TPSA) is 101 Å². The maximum Gasteiger partial charge on any atom is 0.269 e. The van der Waals surface area contributed by atoms with E-state index < -0.39 is 27.9 Å². The van der Waals surface area contributed by atoms with Crippen molar-refractivity contribution < 1.29 is 18.8 Å². The summed E-state index contributed by atoms with van der Waals surface area (Å²) in [5.41, 5.74) is 0.295. The lowest BCUT2D eigenvalue weighted by molar-refractivity contribution is -0.384. The highest BCUT2D eigenvalue weighted by Crippen LogP contribution is 2.21. The molecule has 0 aliphatic carbocycles. The van der Waals surface area contributed by atoms with E-state index in [4.69, 9.17) is 9.66 Å². The van der Waals surface area contributed by atoms with Gasteiger partial charge in [-0.3, -0.25) is 10.1 Å². The van der Waals surface area contributed by atoms with Crippen molar-refractivity contribution in [3.05, 3.63) is 39.9 Å². The summed E-state index contributed by atoms with van der Waals surface area (Å²) in [6, 6.07) is 5.16. The molecule has 0 bridgehead atoms. The van der Waals surface area contributed by atoms with Crippen LogP contribution in [-0.4, -0.2) is 25.4 Å². The third kappa shape index (κ3) is 2.82. The van der Waals surface area contributed by atoms with Gasteiger partial charge in [0.2, 0.25) is 0 Å². The summed E-state index contributed by atoms with van der Waals surface area (Å²) in [5, 5.41) is 18.2. The van der Waals surface area contributed by atoms with Crippen molar-refractivity contribution in [3.63, 3.8) is 0 Å². The molecule has 1 aromatic carbocycles. The number of aliphatic hydroxyl groups excluding tert-OH is 1. The summed E-state index contributed by atoms with van der Waals surface area (Å²) < 4.78 is 19.6. The monoisotopic (exact) mass is 231 g/mol. The smallest absolute Gasteiger partial charge is 0.269 e. The van der Waals surface area contributed by atoms with Crippen LogP contribution in [0.4, 0.5) is 5.69 Å². The zero-order valence-electron chi connectivity index (χ0n) is 7.57. The van der Waals surface area contributed by atoms with Crippen molar-refractivity contribution in [1.29, 1.82) is 0 Å². The zero-order valence-corrected chi connectivity index (χ0v) is 8.38. The maximum absolute atomic E-state index is 10.8. The average molecular weight is 231 g/mol. The second-order valence-electron chi connectivity index (χ2n) is 2.80. The quantitative estimate of drug-likeness (QED) is 0.454. The van der Waals surface area contributed by atoms with Crippen LogP contribution >= 0.6 is 0 Å². The standard InChI is InChI=1S/C8H9NO5S/c10-5-8(15(13)14)6-1-3-7(4-2-6)9(11)12/h1-4,8,10H,5H2,(H,13,14). The summed E-state index contributed by atoms with van der Waals surface area (Å²) in [5.74, 6) is 0. The summed E-state index contributed by atoms with van der Waals surface area (Å²) in [6.07, 6.45) is 0. The number of nitro groups is 1. The van der Waals surface area contributed by atoms with Crippen LogP contribution in [0.1, 0.15) is 10.8 Å². The number of nitrogens with zero attached hydrogens (tertiary/aromatic N) is 1. The van der Waals surface area contributed by atoms with Crippen molar-refractivity contribution in [3.8, 4) is 0 Å². The van der Waals surface area contributed by atoms with Gasteiger partial charge in [-0.1, -0.05) is 12.1 Å². The van der Waals surface area contributed by atoms with Crippen LogP contribution in [0.25, 0.3) is 0 Å². The van der Waals surface area contributed by atoms with Gasteiger partial charge in [0.15, 0.2) is 11.1 Å². The van der Waals surface area contributed by atoms with Crippen LogP contribution in [0.5, 0.6) is 0 Å². The molecule has 15 heavy (non-hydrogen) atoms. The van der Waals surface area contributed by atoms with E-state index in [2.05, 4.69) is 0 Å². The Morgan fingerprint density at radius 1 is 1.40 bits per heavy atom. The van der Waals surface area contributed by atoms with Gasteiger partial charge in [-0.2, -0.15) is 0 Å². The lowest BCUT2D eigenvalue weighted by atomic mass is 10.1. The molecule has 0 aromatic heterocycles. The molecule has 0 amide bonds. The fourth-order valence-electron chi connectivity index (χ4n) is 1.10. The molecule has 0 saturated heterocycles. The molecule has 0 aliphatic rings. The van der Waals surface area contributed by atoms with Crippen LogP contribution in [-0.2, 0) is 11.1 Å². The van der Waals surface area contributed by atoms with Crippen molar-refractivity contribution >= 4 is 16.8 Å². The third-order valence-electron chi connectivity index (χ3n) is 1.88. The van der Waals surface area contributed by atoms with E-state index >= 15 is 0 Å². The van der Waals surface area contributed by atoms with Crippen LogP contribution in [0.15, 0.2) is 24.3 Å². The highest BCUT2D eigenvalue weighted by Gasteiger charge is 2.17. The van der Waals surface area contributed by atoms with E-state index in [1.165, 1.54) is 24.3 Å². The Morgan fingerprint density at radius 3 is 2.27 bits per heavy atom. The molecule has 2 N–H and O–H groups in total. The molecule has 0 heterocycles. The van der Waals surface area contributed by atoms with Crippen molar-refractivity contribution in [2.24, 2.45) is 0 Å². The molecule has 1 rings (SSSR count). The summed E-state index contributed by atoms with van der Waals surface area (Å²) in [7, 11) is 0. The zero-order chi connectivity index (χ0) is 11.4. The average Bonchev–Trinajstić information content (AvgIpc) is 2.19. The van der Waals surface area contributed by atoms with Crippen LogP contribution in [0.2, 0.25) is 0 Å². The fraction of sp³-hybridized carbons (Fsp3) is 0.250. The minimum atomic E-state index is -2.19. The Kier molecular flexibility index (Phi) is 3.89. The summed E-state index contributed by atoms with van der Waals surface area (Å²) in [4.78, 5) is 9.77. The van der Waals surface area contributed by atoms with E-state index in [-0.39, 0.29) is 5.69 Å². The third-order valence-corrected chi connectivity index (χ3v) is 2.79. The Morgan fingerprint density at radius 2 is 1.93 bits per heavy atom. The fourth-order valence-corrected chi connectivity index (χ4v) is 1.61. The first kappa shape index (κ1) is 11.8. The number of non-ortho nitro benzene ring substituents is 1. The molecule has 0 saturated carbocycles. The highest BCUT2D eigenvalue weighted by molar-refractivity contribution is 7.79. The Hall–Kier alpha value is -1.31. The van der Waals surface area contributed by atoms with Gasteiger partial charge in [-0.15, -0.1) is 0 Å². The molecule has 2 atom stereocenters. The van der Waals surface area contributed by atoms with Gasteiger partial charge in [0.1, 0.15) is 5.25 Å². The lowest BCUT2D eigenvalue weighted by Crippen LogP contribution is -2.09. The molecule has 0 aliphatic heterocycles. The first-order valence-corrected chi connectivity index (χ1v) is 5.18. The predicted octanol–water partition coefficient (Wildman–Crippen LogP) is 0.850. The minimum absolute atomic E-state index is 0.0980. The van der Waals surface area contributed by atoms with E-state index in [1.807, 2.05) is 0 Å². The van der Waals surface area contributed by atoms with Gasteiger partial charge in [0.05, 0.1) is 11.5 Å². The lowest BCUT2D eigenvalue weighted by Gasteiger charge is -2.09. The largest absolute Gasteiger partial charge is 0.395 e. The van der Waals surface area contributed by atoms with Gasteiger partial charge in [0, 0.05) is 12.1 Å². The van der Waals surface area contributed by atoms with Gasteiger partial charge >= 0.3 is 0 Å². The van der Waals surface area contributed by atoms with E-state index in [0.717, 1.165) is 0 Å². The normalized spacial score (nSPS) is 14.5. The van der Waals surface area contributed by atoms with Crippen LogP contribution in [0, 0.1) is 10.1 Å². The van der Waals surface area contributed by atoms with E-state index in [9.17, 15) is 14.3 Å². The molecule has 0 fully saturated rings. The molecule has 1 aromatic rings. The number of nitro benzene ring substituents is 1. The van der Waals surface area contributed by atoms with Crippen LogP contribution in [0.3, 0.4) is 0 Å². The Balaban J connectivity index is 2.97. The highest BCUT2D eigenvalue weighted by atomic mass is 32.2. The molecule has 2 unspecified atom stereocenters. The summed E-state index contributed by atoms with van der Waals surface area (Å²) >= 11 is -2.19. The predicted molar refractivity (Wildman–Crippen MR) is 53.7 cm³/mol. The SMILES string of the molecule is O=[N+]([O-])c1ccc(C(CO)S(=O)O)cc1. The number of hydrogen-bond acceptors (Lipinski definition) is 4. The van der Waals surface area contributed by atoms with Gasteiger partial charge < -0.3 is 9.66 Å². The van der Waals surface area contributed by atoms with Gasteiger partial charge in [-0.05, 0) is 5.56 Å². The second kappa shape index (κ2) is 4.96. The Labute approximate surface area is 88.0 Å². The molecular weight excluding hydrogens is 222 g/mol. The minimum Gasteiger partial charge on any atom is -0.395 e. The van der Waals surface area contributed by atoms with E-state index in [0.29, 0.717) is 5.56 Å². The Bertz CT molecular complexity index is 377. The van der Waals surface area contributed by atoms with Crippen molar-refractivity contribution in [1.82, 2.24) is 0 Å². The molecule has 0 radical (unpaired) electrons. The first-order valence-electron chi connectivity index (χ1n) is 4.01. The van der Waals surface area contributed by atoms with Gasteiger partial charge in [0.25, 0.3) is 5.69 Å². The number of benzene rings is 1. The molecule has 6 nitrogen and oxygen atoms in total. The first-order chi connectivity index (χ1) is 7.06. The number of rotatable bonds is 4. The molecular formula is C8H9NO5S. The summed E-state index contributed by atoms with van der Waals surface area (Å²) in [6.45, 7) is -0.485. The number of hydrogen-bond donors (Lipinski definition) is 2. The molecule has 82 valence electrons. The molecule has 7 heteroatoms. The van der Waals surface area contributed by atoms with Crippen molar-refractivity contribution in [2.75, 3.05) is 6.61 Å². The maximum atomic E-state index is 10.8. The number of aliphatic hydroxyl groups is 1. The van der Waals surface area contributed by atoms with Gasteiger partial charge in [-0.25, -0.2) is 4.21 Å². The second-order valence-corrected chi connectivity index (χ2v) is 3.92. The van der Waals surface area contributed by atoms with E-state index in [1.54, 1.807) is 0 Å². The molecule has 0 spiro atoms.